The van der Waals surface area contributed by atoms with Crippen LogP contribution in [0.2, 0.25) is 0 Å². The Balaban J connectivity index is 1.37. The Morgan fingerprint density at radius 3 is 2.85 bits per heavy atom. The second kappa shape index (κ2) is 11.0. The monoisotopic (exact) mass is 486 g/mol. The summed E-state index contributed by atoms with van der Waals surface area (Å²) in [6.07, 6.45) is 0.136. The molecule has 0 aliphatic carbocycles. The molecule has 0 spiro atoms. The minimum Gasteiger partial charge on any atom is -0.462 e. The van der Waals surface area contributed by atoms with Gasteiger partial charge in [-0.1, -0.05) is 29.5 Å². The molecular formula is C23H26N4O4S2. The van der Waals surface area contributed by atoms with E-state index < -0.39 is 5.97 Å². The topological polar surface area (TPSA) is 93.7 Å². The molecule has 0 radical (unpaired) electrons. The molecule has 0 bridgehead atoms. The lowest BCUT2D eigenvalue weighted by atomic mass is 10.1. The summed E-state index contributed by atoms with van der Waals surface area (Å²) < 4.78 is 10.4. The van der Waals surface area contributed by atoms with Crippen molar-refractivity contribution in [3.8, 4) is 10.6 Å². The number of rotatable bonds is 8. The number of esters is 1. The number of benzene rings is 1. The van der Waals surface area contributed by atoms with Crippen molar-refractivity contribution in [3.05, 3.63) is 51.5 Å². The van der Waals surface area contributed by atoms with Crippen molar-refractivity contribution in [1.29, 1.82) is 0 Å². The summed E-state index contributed by atoms with van der Waals surface area (Å²) >= 11 is 2.64. The Labute approximate surface area is 200 Å². The van der Waals surface area contributed by atoms with Crippen LogP contribution in [0.5, 0.6) is 0 Å². The van der Waals surface area contributed by atoms with Gasteiger partial charge in [-0.2, -0.15) is 0 Å². The highest BCUT2D eigenvalue weighted by atomic mass is 32.1. The van der Waals surface area contributed by atoms with Crippen LogP contribution in [0.15, 0.2) is 29.6 Å². The third kappa shape index (κ3) is 6.23. The molecule has 1 aromatic carbocycles. The molecule has 33 heavy (non-hydrogen) atoms. The minimum absolute atomic E-state index is 0.136. The van der Waals surface area contributed by atoms with Crippen molar-refractivity contribution in [2.75, 3.05) is 38.2 Å². The van der Waals surface area contributed by atoms with E-state index in [-0.39, 0.29) is 12.3 Å². The fourth-order valence-corrected chi connectivity index (χ4v) is 5.20. The molecule has 174 valence electrons. The Hall–Kier alpha value is -2.66. The lowest BCUT2D eigenvalue weighted by Crippen LogP contribution is -2.35. The standard InChI is InChI=1S/C23H26N4O4S2/c1-3-31-22(29)20-15(2)24-23(33-20)26-19(28)12-18-14-32-21(25-18)17-6-4-5-16(11-17)13-27-7-9-30-10-8-27/h4-6,11,14H,3,7-10,12-13H2,1-2H3,(H,24,26,28). The van der Waals surface area contributed by atoms with Crippen LogP contribution in [-0.2, 0) is 27.2 Å². The Bertz CT molecular complexity index is 1120. The first-order valence-corrected chi connectivity index (χ1v) is 12.5. The fraction of sp³-hybridized carbons (Fsp3) is 0.391. The number of nitrogens with one attached hydrogen (secondary N) is 1. The lowest BCUT2D eigenvalue weighted by molar-refractivity contribution is -0.115. The number of morpholine rings is 1. The summed E-state index contributed by atoms with van der Waals surface area (Å²) in [5.74, 6) is -0.648. The van der Waals surface area contributed by atoms with Crippen LogP contribution in [0.1, 0.15) is 33.5 Å². The molecule has 0 unspecified atom stereocenters. The van der Waals surface area contributed by atoms with Crippen LogP contribution in [0.25, 0.3) is 10.6 Å². The summed E-state index contributed by atoms with van der Waals surface area (Å²) in [6, 6.07) is 8.38. The summed E-state index contributed by atoms with van der Waals surface area (Å²) in [7, 11) is 0. The van der Waals surface area contributed by atoms with Gasteiger partial charge in [0.05, 0.1) is 37.6 Å². The van der Waals surface area contributed by atoms with Gasteiger partial charge in [0.25, 0.3) is 0 Å². The van der Waals surface area contributed by atoms with Gasteiger partial charge in [0.1, 0.15) is 9.88 Å². The molecule has 0 atom stereocenters. The first kappa shape index (κ1) is 23.5. The van der Waals surface area contributed by atoms with Crippen molar-refractivity contribution in [3.63, 3.8) is 0 Å². The second-order valence-corrected chi connectivity index (χ2v) is 9.47. The molecule has 1 N–H and O–H groups in total. The number of carbonyl (C=O) groups excluding carboxylic acids is 2. The quantitative estimate of drug-likeness (QED) is 0.485. The van der Waals surface area contributed by atoms with Gasteiger partial charge < -0.3 is 14.8 Å². The maximum absolute atomic E-state index is 12.5. The summed E-state index contributed by atoms with van der Waals surface area (Å²) in [5.41, 5.74) is 3.53. The molecule has 2 aromatic heterocycles. The van der Waals surface area contributed by atoms with Gasteiger partial charge in [0.2, 0.25) is 5.91 Å². The molecule has 8 nitrogen and oxygen atoms in total. The maximum Gasteiger partial charge on any atom is 0.350 e. The highest BCUT2D eigenvalue weighted by Crippen LogP contribution is 2.26. The Morgan fingerprint density at radius 2 is 2.06 bits per heavy atom. The molecule has 1 aliphatic heterocycles. The normalized spacial score (nSPS) is 14.2. The van der Waals surface area contributed by atoms with Crippen LogP contribution < -0.4 is 5.32 Å². The van der Waals surface area contributed by atoms with Crippen molar-refractivity contribution in [2.45, 2.75) is 26.8 Å². The van der Waals surface area contributed by atoms with E-state index in [1.807, 2.05) is 17.5 Å². The number of nitrogens with zero attached hydrogens (tertiary/aromatic N) is 3. The van der Waals surface area contributed by atoms with E-state index in [0.29, 0.717) is 28.0 Å². The molecule has 1 amide bonds. The van der Waals surface area contributed by atoms with Crippen LogP contribution in [-0.4, -0.2) is 59.7 Å². The number of amides is 1. The van der Waals surface area contributed by atoms with Gasteiger partial charge in [-0.15, -0.1) is 11.3 Å². The summed E-state index contributed by atoms with van der Waals surface area (Å²) in [6.45, 7) is 8.10. The smallest absolute Gasteiger partial charge is 0.350 e. The molecule has 3 heterocycles. The van der Waals surface area contributed by atoms with Crippen molar-refractivity contribution < 1.29 is 19.1 Å². The molecule has 1 saturated heterocycles. The van der Waals surface area contributed by atoms with Crippen molar-refractivity contribution >= 4 is 39.7 Å². The number of aromatic nitrogens is 2. The van der Waals surface area contributed by atoms with Crippen molar-refractivity contribution in [2.24, 2.45) is 0 Å². The van der Waals surface area contributed by atoms with Gasteiger partial charge in [-0.3, -0.25) is 9.69 Å². The number of hydrogen-bond acceptors (Lipinski definition) is 9. The zero-order valence-electron chi connectivity index (χ0n) is 18.6. The SMILES string of the molecule is CCOC(=O)c1sc(NC(=O)Cc2csc(-c3cccc(CN4CCOCC4)c3)n2)nc1C. The number of hydrogen-bond donors (Lipinski definition) is 1. The van der Waals surface area contributed by atoms with Crippen LogP contribution in [0, 0.1) is 6.92 Å². The van der Waals surface area contributed by atoms with Crippen molar-refractivity contribution in [1.82, 2.24) is 14.9 Å². The highest BCUT2D eigenvalue weighted by Gasteiger charge is 2.18. The van der Waals surface area contributed by atoms with Crippen LogP contribution >= 0.6 is 22.7 Å². The first-order chi connectivity index (χ1) is 16.0. The van der Waals surface area contributed by atoms with E-state index >= 15 is 0 Å². The average molecular weight is 487 g/mol. The number of anilines is 1. The largest absolute Gasteiger partial charge is 0.462 e. The Kier molecular flexibility index (Phi) is 7.81. The molecular weight excluding hydrogens is 460 g/mol. The second-order valence-electron chi connectivity index (χ2n) is 7.61. The molecule has 1 aliphatic rings. The summed E-state index contributed by atoms with van der Waals surface area (Å²) in [5, 5.41) is 5.93. The minimum atomic E-state index is -0.423. The van der Waals surface area contributed by atoms with E-state index in [4.69, 9.17) is 9.47 Å². The van der Waals surface area contributed by atoms with Gasteiger partial charge in [-0.05, 0) is 25.5 Å². The highest BCUT2D eigenvalue weighted by molar-refractivity contribution is 7.17. The van der Waals surface area contributed by atoms with E-state index in [1.165, 1.54) is 16.9 Å². The number of thiazole rings is 2. The van der Waals surface area contributed by atoms with E-state index in [1.54, 1.807) is 13.8 Å². The average Bonchev–Trinajstić information content (AvgIpc) is 3.41. The van der Waals surface area contributed by atoms with Crippen LogP contribution in [0.4, 0.5) is 5.13 Å². The number of aryl methyl sites for hydroxylation is 1. The predicted octanol–water partition coefficient (Wildman–Crippen LogP) is 3.77. The Morgan fingerprint density at radius 1 is 1.24 bits per heavy atom. The van der Waals surface area contributed by atoms with Gasteiger partial charge in [0, 0.05) is 30.6 Å². The predicted molar refractivity (Wildman–Crippen MR) is 129 cm³/mol. The number of ether oxygens (including phenoxy) is 2. The third-order valence-corrected chi connectivity index (χ3v) is 7.07. The molecule has 1 fully saturated rings. The molecule has 3 aromatic rings. The van der Waals surface area contributed by atoms with Crippen LogP contribution in [0.3, 0.4) is 0 Å². The first-order valence-electron chi connectivity index (χ1n) is 10.8. The third-order valence-electron chi connectivity index (χ3n) is 5.08. The maximum atomic E-state index is 12.5. The molecule has 0 saturated carbocycles. The van der Waals surface area contributed by atoms with Gasteiger partial charge >= 0.3 is 5.97 Å². The zero-order chi connectivity index (χ0) is 23.2. The zero-order valence-corrected chi connectivity index (χ0v) is 20.3. The fourth-order valence-electron chi connectivity index (χ4n) is 3.50. The van der Waals surface area contributed by atoms with Gasteiger partial charge in [0.15, 0.2) is 5.13 Å². The number of carbonyl (C=O) groups is 2. The molecule has 10 heteroatoms. The van der Waals surface area contributed by atoms with Gasteiger partial charge in [-0.25, -0.2) is 14.8 Å². The van der Waals surface area contributed by atoms with E-state index in [2.05, 4.69) is 32.3 Å². The van der Waals surface area contributed by atoms with E-state index in [9.17, 15) is 9.59 Å². The molecule has 4 rings (SSSR count). The summed E-state index contributed by atoms with van der Waals surface area (Å²) in [4.78, 5) is 36.2. The lowest BCUT2D eigenvalue weighted by Gasteiger charge is -2.26. The van der Waals surface area contributed by atoms with E-state index in [0.717, 1.165) is 54.8 Å².